The molecule has 0 amide bonds. The molecule has 1 atom stereocenters. The lowest BCUT2D eigenvalue weighted by molar-refractivity contribution is 0.0646. The molecule has 13 heavy (non-hydrogen) atoms. The lowest BCUT2D eigenvalue weighted by Gasteiger charge is -2.12. The van der Waals surface area contributed by atoms with Crippen LogP contribution >= 0.6 is 27.5 Å². The molecule has 0 saturated heterocycles. The molecule has 1 rings (SSSR count). The standard InChI is InChI=1S/C8H9BrClNO2/c1-4(13-11)6-2-5(10)3-7(9)8(6)12/h2-4,12H,11H2,1H3. The van der Waals surface area contributed by atoms with E-state index in [4.69, 9.17) is 17.5 Å². The zero-order chi connectivity index (χ0) is 10.0. The lowest BCUT2D eigenvalue weighted by Crippen LogP contribution is -2.05. The highest BCUT2D eigenvalue weighted by atomic mass is 79.9. The van der Waals surface area contributed by atoms with Gasteiger partial charge in [-0.2, -0.15) is 0 Å². The third kappa shape index (κ3) is 2.34. The van der Waals surface area contributed by atoms with Crippen molar-refractivity contribution in [3.63, 3.8) is 0 Å². The maximum Gasteiger partial charge on any atom is 0.135 e. The number of hydrogen-bond donors (Lipinski definition) is 2. The van der Waals surface area contributed by atoms with Gasteiger partial charge in [-0.15, -0.1) is 0 Å². The zero-order valence-electron chi connectivity index (χ0n) is 6.92. The summed E-state index contributed by atoms with van der Waals surface area (Å²) in [7, 11) is 0. The second-order valence-corrected chi connectivity index (χ2v) is 3.89. The topological polar surface area (TPSA) is 55.5 Å². The maximum absolute atomic E-state index is 9.58. The van der Waals surface area contributed by atoms with Crippen molar-refractivity contribution in [3.05, 3.63) is 27.2 Å². The van der Waals surface area contributed by atoms with Crippen LogP contribution in [0.5, 0.6) is 5.75 Å². The Morgan fingerprint density at radius 1 is 1.62 bits per heavy atom. The fourth-order valence-electron chi connectivity index (χ4n) is 0.969. The summed E-state index contributed by atoms with van der Waals surface area (Å²) < 4.78 is 0.527. The van der Waals surface area contributed by atoms with E-state index in [0.29, 0.717) is 15.1 Å². The molecule has 1 aromatic rings. The quantitative estimate of drug-likeness (QED) is 0.809. The van der Waals surface area contributed by atoms with Crippen LogP contribution in [0.1, 0.15) is 18.6 Å². The Hall–Kier alpha value is -0.290. The van der Waals surface area contributed by atoms with E-state index in [1.54, 1.807) is 19.1 Å². The van der Waals surface area contributed by atoms with Gasteiger partial charge in [-0.1, -0.05) is 11.6 Å². The predicted octanol–water partition coefficient (Wildman–Crippen LogP) is 2.76. The van der Waals surface area contributed by atoms with Gasteiger partial charge in [0.1, 0.15) is 11.9 Å². The van der Waals surface area contributed by atoms with E-state index in [0.717, 1.165) is 0 Å². The molecular weight excluding hydrogens is 257 g/mol. The zero-order valence-corrected chi connectivity index (χ0v) is 9.26. The minimum absolute atomic E-state index is 0.0994. The first-order valence-corrected chi connectivity index (χ1v) is 4.76. The number of nitrogens with two attached hydrogens (primary N) is 1. The van der Waals surface area contributed by atoms with Crippen molar-refractivity contribution < 1.29 is 9.94 Å². The normalized spacial score (nSPS) is 12.9. The Bertz CT molecular complexity index is 319. The van der Waals surface area contributed by atoms with E-state index in [1.165, 1.54) is 0 Å². The largest absolute Gasteiger partial charge is 0.506 e. The van der Waals surface area contributed by atoms with Crippen LogP contribution in [0.3, 0.4) is 0 Å². The van der Waals surface area contributed by atoms with Gasteiger partial charge in [0.25, 0.3) is 0 Å². The molecule has 0 saturated carbocycles. The Balaban J connectivity index is 3.20. The molecule has 5 heteroatoms. The second-order valence-electron chi connectivity index (χ2n) is 2.60. The molecule has 0 aromatic heterocycles. The van der Waals surface area contributed by atoms with Crippen LogP contribution < -0.4 is 5.90 Å². The van der Waals surface area contributed by atoms with Crippen molar-refractivity contribution in [2.45, 2.75) is 13.0 Å². The maximum atomic E-state index is 9.58. The molecule has 3 N–H and O–H groups in total. The molecule has 72 valence electrons. The molecule has 0 aliphatic carbocycles. The fourth-order valence-corrected chi connectivity index (χ4v) is 1.80. The van der Waals surface area contributed by atoms with Crippen molar-refractivity contribution in [2.75, 3.05) is 0 Å². The van der Waals surface area contributed by atoms with Gasteiger partial charge in [-0.25, -0.2) is 5.90 Å². The lowest BCUT2D eigenvalue weighted by atomic mass is 10.1. The third-order valence-electron chi connectivity index (χ3n) is 1.70. The summed E-state index contributed by atoms with van der Waals surface area (Å²) in [5.74, 6) is 5.10. The van der Waals surface area contributed by atoms with Crippen LogP contribution in [0.4, 0.5) is 0 Å². The Morgan fingerprint density at radius 3 is 2.77 bits per heavy atom. The highest BCUT2D eigenvalue weighted by molar-refractivity contribution is 9.10. The molecule has 0 aliphatic rings. The van der Waals surface area contributed by atoms with Crippen molar-refractivity contribution in [1.82, 2.24) is 0 Å². The van der Waals surface area contributed by atoms with E-state index in [9.17, 15) is 5.11 Å². The SMILES string of the molecule is CC(ON)c1cc(Cl)cc(Br)c1O. The highest BCUT2D eigenvalue weighted by Crippen LogP contribution is 2.35. The van der Waals surface area contributed by atoms with Crippen molar-refractivity contribution >= 4 is 27.5 Å². The molecule has 0 spiro atoms. The van der Waals surface area contributed by atoms with Crippen LogP contribution in [0.25, 0.3) is 0 Å². The van der Waals surface area contributed by atoms with Gasteiger partial charge in [-0.3, -0.25) is 4.84 Å². The number of phenols is 1. The first-order chi connectivity index (χ1) is 6.06. The summed E-state index contributed by atoms with van der Waals surface area (Å²) >= 11 is 8.95. The van der Waals surface area contributed by atoms with E-state index in [-0.39, 0.29) is 5.75 Å². The minimum Gasteiger partial charge on any atom is -0.506 e. The Morgan fingerprint density at radius 2 is 2.23 bits per heavy atom. The van der Waals surface area contributed by atoms with Crippen LogP contribution in [0, 0.1) is 0 Å². The summed E-state index contributed by atoms with van der Waals surface area (Å²) in [5, 5.41) is 10.1. The summed E-state index contributed by atoms with van der Waals surface area (Å²) in [6, 6.07) is 3.21. The average molecular weight is 267 g/mol. The molecule has 0 bridgehead atoms. The highest BCUT2D eigenvalue weighted by Gasteiger charge is 2.13. The first kappa shape index (κ1) is 10.8. The van der Waals surface area contributed by atoms with Crippen LogP contribution in [0.15, 0.2) is 16.6 Å². The van der Waals surface area contributed by atoms with E-state index < -0.39 is 6.10 Å². The first-order valence-electron chi connectivity index (χ1n) is 3.59. The number of hydrogen-bond acceptors (Lipinski definition) is 3. The fraction of sp³-hybridized carbons (Fsp3) is 0.250. The van der Waals surface area contributed by atoms with Gasteiger partial charge in [0, 0.05) is 10.6 Å². The molecule has 0 radical (unpaired) electrons. The molecule has 0 aliphatic heterocycles. The second kappa shape index (κ2) is 4.28. The minimum atomic E-state index is -0.394. The molecule has 0 heterocycles. The van der Waals surface area contributed by atoms with Crippen LogP contribution in [-0.4, -0.2) is 5.11 Å². The van der Waals surface area contributed by atoms with Crippen LogP contribution in [-0.2, 0) is 4.84 Å². The predicted molar refractivity (Wildman–Crippen MR) is 54.5 cm³/mol. The van der Waals surface area contributed by atoms with E-state index >= 15 is 0 Å². The number of aromatic hydroxyl groups is 1. The molecule has 3 nitrogen and oxygen atoms in total. The number of rotatable bonds is 2. The summed E-state index contributed by atoms with van der Waals surface area (Å²) in [6.07, 6.45) is -0.394. The van der Waals surface area contributed by atoms with Gasteiger partial charge < -0.3 is 5.11 Å². The van der Waals surface area contributed by atoms with Gasteiger partial charge >= 0.3 is 0 Å². The van der Waals surface area contributed by atoms with E-state index in [2.05, 4.69) is 20.8 Å². The summed E-state index contributed by atoms with van der Waals surface area (Å²) in [5.41, 5.74) is 0.557. The smallest absolute Gasteiger partial charge is 0.135 e. The Labute approximate surface area is 89.5 Å². The molecule has 1 aromatic carbocycles. The molecule has 1 unspecified atom stereocenters. The van der Waals surface area contributed by atoms with Gasteiger partial charge in [-0.05, 0) is 35.0 Å². The Kier molecular flexibility index (Phi) is 3.55. The van der Waals surface area contributed by atoms with Gasteiger partial charge in [0.05, 0.1) is 4.47 Å². The van der Waals surface area contributed by atoms with Crippen molar-refractivity contribution in [1.29, 1.82) is 0 Å². The van der Waals surface area contributed by atoms with Crippen molar-refractivity contribution in [3.8, 4) is 5.75 Å². The monoisotopic (exact) mass is 265 g/mol. The number of phenolic OH excluding ortho intramolecular Hbond substituents is 1. The third-order valence-corrected chi connectivity index (χ3v) is 2.52. The van der Waals surface area contributed by atoms with Gasteiger partial charge in [0.2, 0.25) is 0 Å². The average Bonchev–Trinajstić information content (AvgIpc) is 2.10. The number of halogens is 2. The molecule has 0 fully saturated rings. The summed E-state index contributed by atoms with van der Waals surface area (Å²) in [4.78, 5) is 4.59. The van der Waals surface area contributed by atoms with Gasteiger partial charge in [0.15, 0.2) is 0 Å². The molecular formula is C8H9BrClNO2. The van der Waals surface area contributed by atoms with Crippen molar-refractivity contribution in [2.24, 2.45) is 5.90 Å². The number of benzene rings is 1. The van der Waals surface area contributed by atoms with E-state index in [1.807, 2.05) is 0 Å². The van der Waals surface area contributed by atoms with Crippen LogP contribution in [0.2, 0.25) is 5.02 Å². The summed E-state index contributed by atoms with van der Waals surface area (Å²) in [6.45, 7) is 1.72.